The Labute approximate surface area is 223 Å². The minimum absolute atomic E-state index is 0.0964. The molecule has 0 bridgehead atoms. The van der Waals surface area contributed by atoms with Gasteiger partial charge in [0.2, 0.25) is 0 Å². The molecule has 0 saturated carbocycles. The fourth-order valence-corrected chi connectivity index (χ4v) is 5.07. The van der Waals surface area contributed by atoms with Crippen LogP contribution in [0.2, 0.25) is 0 Å². The van der Waals surface area contributed by atoms with E-state index in [1.807, 2.05) is 0 Å². The van der Waals surface area contributed by atoms with Crippen LogP contribution in [0.25, 0.3) is 0 Å². The Morgan fingerprint density at radius 2 is 1.03 bits per heavy atom. The molecule has 0 aromatic heterocycles. The Morgan fingerprint density at radius 3 is 1.41 bits per heavy atom. The molecule has 0 rings (SSSR count). The summed E-state index contributed by atoms with van der Waals surface area (Å²) in [7, 11) is 0. The molecule has 3 unspecified atom stereocenters. The van der Waals surface area contributed by atoms with Gasteiger partial charge >= 0.3 is 17.9 Å². The van der Waals surface area contributed by atoms with Gasteiger partial charge in [-0.15, -0.1) is 0 Å². The Morgan fingerprint density at radius 1 is 0.622 bits per heavy atom. The number of carboxylic acids is 3. The van der Waals surface area contributed by atoms with Crippen LogP contribution in [-0.4, -0.2) is 49.7 Å². The molecule has 0 aromatic rings. The summed E-state index contributed by atoms with van der Waals surface area (Å²) in [6.07, 6.45) is 16.6. The van der Waals surface area contributed by atoms with Gasteiger partial charge in [0, 0.05) is 12.3 Å². The zero-order valence-corrected chi connectivity index (χ0v) is 23.2. The maximum absolute atomic E-state index is 13.1. The normalized spacial score (nSPS) is 14.6. The quantitative estimate of drug-likeness (QED) is 0.0915. The molecule has 0 saturated heterocycles. The first-order valence-corrected chi connectivity index (χ1v) is 14.5. The fraction of sp³-hybridized carbons (Fsp3) is 0.862. The number of carbonyl (C=O) groups excluding carboxylic acids is 1. The van der Waals surface area contributed by atoms with Crippen molar-refractivity contribution in [3.63, 3.8) is 0 Å². The van der Waals surface area contributed by atoms with E-state index in [-0.39, 0.29) is 12.8 Å². The molecular formula is C29H52O8. The van der Waals surface area contributed by atoms with Gasteiger partial charge in [-0.3, -0.25) is 14.4 Å². The first kappa shape index (κ1) is 35.0. The summed E-state index contributed by atoms with van der Waals surface area (Å²) in [6.45, 7) is 4.28. The molecular weight excluding hydrogens is 476 g/mol. The molecule has 0 aromatic carbocycles. The Balaban J connectivity index is 5.04. The number of ketones is 1. The van der Waals surface area contributed by atoms with E-state index in [0.29, 0.717) is 12.8 Å². The zero-order chi connectivity index (χ0) is 28.1. The topological polar surface area (TPSA) is 149 Å². The second-order valence-corrected chi connectivity index (χ2v) is 10.5. The highest BCUT2D eigenvalue weighted by Gasteiger charge is 2.54. The van der Waals surface area contributed by atoms with Crippen LogP contribution in [0.4, 0.5) is 0 Å². The SMILES string of the molecule is CCCCCCCCCCCCCCC(C(=O)CCCCCCC)C(C(=O)O)C(O)(CC(=O)O)C(=O)O. The molecule has 3 atom stereocenters. The highest BCUT2D eigenvalue weighted by atomic mass is 16.4. The maximum atomic E-state index is 13.1. The molecule has 0 aliphatic carbocycles. The van der Waals surface area contributed by atoms with Crippen molar-refractivity contribution < 1.29 is 39.6 Å². The molecule has 8 heteroatoms. The Hall–Kier alpha value is -1.96. The van der Waals surface area contributed by atoms with Crippen LogP contribution < -0.4 is 0 Å². The third-order valence-electron chi connectivity index (χ3n) is 7.28. The number of unbranched alkanes of at least 4 members (excludes halogenated alkanes) is 15. The predicted molar refractivity (Wildman–Crippen MR) is 144 cm³/mol. The van der Waals surface area contributed by atoms with Crippen LogP contribution in [0.5, 0.6) is 0 Å². The molecule has 4 N–H and O–H groups in total. The third-order valence-corrected chi connectivity index (χ3v) is 7.28. The standard InChI is InChI=1S/C29H52O8/c1-3-5-7-9-10-11-12-13-14-15-17-18-20-23(24(30)21-19-16-8-6-4-2)26(27(33)34)29(37,28(35)36)22-25(31)32/h23,26,37H,3-22H2,1-2H3,(H,31,32)(H,33,34)(H,35,36). The average molecular weight is 529 g/mol. The van der Waals surface area contributed by atoms with E-state index >= 15 is 0 Å². The highest BCUT2D eigenvalue weighted by Crippen LogP contribution is 2.34. The number of rotatable bonds is 26. The number of hydrogen-bond acceptors (Lipinski definition) is 5. The summed E-state index contributed by atoms with van der Waals surface area (Å²) >= 11 is 0. The monoisotopic (exact) mass is 528 g/mol. The lowest BCUT2D eigenvalue weighted by molar-refractivity contribution is -0.184. The number of carbonyl (C=O) groups is 4. The Bertz CT molecular complexity index is 662. The molecule has 0 radical (unpaired) electrons. The molecule has 0 aliphatic rings. The highest BCUT2D eigenvalue weighted by molar-refractivity contribution is 5.94. The molecule has 0 fully saturated rings. The van der Waals surface area contributed by atoms with Gasteiger partial charge in [-0.2, -0.15) is 0 Å². The number of aliphatic hydroxyl groups is 1. The van der Waals surface area contributed by atoms with Gasteiger partial charge in [0.05, 0.1) is 6.42 Å². The summed E-state index contributed by atoms with van der Waals surface area (Å²) in [5, 5.41) is 39.3. The molecule has 0 spiro atoms. The van der Waals surface area contributed by atoms with Crippen molar-refractivity contribution in [1.29, 1.82) is 0 Å². The lowest BCUT2D eigenvalue weighted by atomic mass is 9.71. The zero-order valence-electron chi connectivity index (χ0n) is 23.2. The van der Waals surface area contributed by atoms with Crippen molar-refractivity contribution in [2.45, 2.75) is 148 Å². The summed E-state index contributed by atoms with van der Waals surface area (Å²) in [4.78, 5) is 48.4. The van der Waals surface area contributed by atoms with Gasteiger partial charge < -0.3 is 20.4 Å². The van der Waals surface area contributed by atoms with Gasteiger partial charge in [0.15, 0.2) is 5.60 Å². The number of aliphatic carboxylic acids is 3. The number of carboxylic acid groups (broad SMARTS) is 3. The smallest absolute Gasteiger partial charge is 0.337 e. The largest absolute Gasteiger partial charge is 0.481 e. The van der Waals surface area contributed by atoms with Crippen molar-refractivity contribution in [2.24, 2.45) is 11.8 Å². The predicted octanol–water partition coefficient (Wildman–Crippen LogP) is 6.61. The van der Waals surface area contributed by atoms with Crippen molar-refractivity contribution in [1.82, 2.24) is 0 Å². The van der Waals surface area contributed by atoms with Crippen LogP contribution in [0.3, 0.4) is 0 Å². The maximum Gasteiger partial charge on any atom is 0.337 e. The molecule has 0 heterocycles. The van der Waals surface area contributed by atoms with Crippen molar-refractivity contribution >= 4 is 23.7 Å². The summed E-state index contributed by atoms with van der Waals surface area (Å²) in [5.74, 6) is -8.89. The van der Waals surface area contributed by atoms with Crippen molar-refractivity contribution in [3.05, 3.63) is 0 Å². The van der Waals surface area contributed by atoms with Gasteiger partial charge in [-0.1, -0.05) is 117 Å². The van der Waals surface area contributed by atoms with E-state index in [9.17, 15) is 34.5 Å². The fourth-order valence-electron chi connectivity index (χ4n) is 5.07. The first-order valence-electron chi connectivity index (χ1n) is 14.5. The van der Waals surface area contributed by atoms with E-state index in [1.165, 1.54) is 44.9 Å². The van der Waals surface area contributed by atoms with E-state index in [0.717, 1.165) is 51.4 Å². The minimum Gasteiger partial charge on any atom is -0.481 e. The van der Waals surface area contributed by atoms with Gasteiger partial charge in [0.25, 0.3) is 0 Å². The number of Topliss-reactive ketones (excluding diaryl/α,β-unsaturated/α-hetero) is 1. The second kappa shape index (κ2) is 21.0. The molecule has 216 valence electrons. The van der Waals surface area contributed by atoms with Gasteiger partial charge in [-0.05, 0) is 12.8 Å². The van der Waals surface area contributed by atoms with E-state index in [2.05, 4.69) is 13.8 Å². The minimum atomic E-state index is -3.06. The molecule has 0 amide bonds. The summed E-state index contributed by atoms with van der Waals surface area (Å²) < 4.78 is 0. The summed E-state index contributed by atoms with van der Waals surface area (Å²) in [6, 6.07) is 0. The van der Waals surface area contributed by atoms with Crippen molar-refractivity contribution in [3.8, 4) is 0 Å². The first-order chi connectivity index (χ1) is 17.6. The summed E-state index contributed by atoms with van der Waals surface area (Å²) in [5.41, 5.74) is -3.06. The van der Waals surface area contributed by atoms with Crippen LogP contribution >= 0.6 is 0 Å². The van der Waals surface area contributed by atoms with Crippen molar-refractivity contribution in [2.75, 3.05) is 0 Å². The molecule has 0 aliphatic heterocycles. The van der Waals surface area contributed by atoms with E-state index < -0.39 is 47.5 Å². The number of hydrogen-bond donors (Lipinski definition) is 4. The Kier molecular flexibility index (Phi) is 19.9. The van der Waals surface area contributed by atoms with E-state index in [1.54, 1.807) is 0 Å². The second-order valence-electron chi connectivity index (χ2n) is 10.5. The van der Waals surface area contributed by atoms with E-state index in [4.69, 9.17) is 5.11 Å². The van der Waals surface area contributed by atoms with Gasteiger partial charge in [-0.25, -0.2) is 4.79 Å². The van der Waals surface area contributed by atoms with Crippen LogP contribution in [-0.2, 0) is 19.2 Å². The lowest BCUT2D eigenvalue weighted by Gasteiger charge is -2.33. The van der Waals surface area contributed by atoms with Crippen LogP contribution in [0.1, 0.15) is 142 Å². The molecule has 37 heavy (non-hydrogen) atoms. The molecule has 8 nitrogen and oxygen atoms in total. The van der Waals surface area contributed by atoms with Crippen LogP contribution in [0.15, 0.2) is 0 Å². The lowest BCUT2D eigenvalue weighted by Crippen LogP contribution is -2.55. The van der Waals surface area contributed by atoms with Crippen LogP contribution in [0, 0.1) is 11.8 Å². The van der Waals surface area contributed by atoms with Gasteiger partial charge in [0.1, 0.15) is 11.7 Å². The third kappa shape index (κ3) is 15.1. The average Bonchev–Trinajstić information content (AvgIpc) is 2.82.